The van der Waals surface area contributed by atoms with Crippen LogP contribution >= 0.6 is 11.6 Å². The quantitative estimate of drug-likeness (QED) is 0.729. The number of amides is 1. The van der Waals surface area contributed by atoms with Crippen LogP contribution in [0, 0.1) is 13.8 Å². The van der Waals surface area contributed by atoms with Crippen LogP contribution in [0.3, 0.4) is 0 Å². The maximum Gasteiger partial charge on any atom is 0.267 e. The Kier molecular flexibility index (Phi) is 5.42. The summed E-state index contributed by atoms with van der Waals surface area (Å²) >= 11 is 6.10. The van der Waals surface area contributed by atoms with Crippen molar-refractivity contribution in [2.24, 2.45) is 0 Å². The summed E-state index contributed by atoms with van der Waals surface area (Å²) in [7, 11) is 0. The minimum absolute atomic E-state index is 0.338. The fraction of sp³-hybridized carbons (Fsp3) is 0.190. The monoisotopic (exact) mass is 381 g/mol. The minimum Gasteiger partial charge on any atom is -0.324 e. The Bertz CT molecular complexity index is 1040. The molecule has 2 aromatic carbocycles. The Morgan fingerprint density at radius 2 is 1.78 bits per heavy atom. The fourth-order valence-corrected chi connectivity index (χ4v) is 2.79. The Balaban J connectivity index is 1.86. The molecule has 0 aliphatic heterocycles. The number of rotatable bonds is 4. The van der Waals surface area contributed by atoms with Crippen LogP contribution in [0.5, 0.6) is 0 Å². The molecule has 1 aromatic heterocycles. The van der Waals surface area contributed by atoms with Crippen molar-refractivity contribution >= 4 is 23.2 Å². The van der Waals surface area contributed by atoms with E-state index in [2.05, 4.69) is 10.4 Å². The number of nitrogens with one attached hydrogen (secondary N) is 1. The number of halogens is 1. The van der Waals surface area contributed by atoms with Gasteiger partial charge in [-0.2, -0.15) is 5.10 Å². The van der Waals surface area contributed by atoms with E-state index in [1.54, 1.807) is 25.1 Å². The second-order valence-electron chi connectivity index (χ2n) is 6.50. The number of anilines is 1. The van der Waals surface area contributed by atoms with Gasteiger partial charge < -0.3 is 5.32 Å². The molecule has 3 rings (SSSR count). The molecule has 0 radical (unpaired) electrons. The second kappa shape index (κ2) is 7.76. The summed E-state index contributed by atoms with van der Waals surface area (Å²) in [5.41, 5.74) is 3.81. The van der Waals surface area contributed by atoms with E-state index < -0.39 is 6.04 Å². The van der Waals surface area contributed by atoms with Crippen LogP contribution in [-0.2, 0) is 4.79 Å². The number of carbonyl (C=O) groups is 1. The zero-order chi connectivity index (χ0) is 19.6. The molecule has 1 unspecified atom stereocenters. The normalized spacial score (nSPS) is 11.9. The molecular weight excluding hydrogens is 362 g/mol. The highest BCUT2D eigenvalue weighted by Crippen LogP contribution is 2.21. The van der Waals surface area contributed by atoms with E-state index in [9.17, 15) is 9.59 Å². The first kappa shape index (κ1) is 18.9. The molecule has 0 spiro atoms. The molecule has 0 saturated heterocycles. The molecule has 1 amide bonds. The summed E-state index contributed by atoms with van der Waals surface area (Å²) in [6, 6.07) is 15.4. The number of benzene rings is 2. The smallest absolute Gasteiger partial charge is 0.267 e. The molecule has 3 aromatic rings. The van der Waals surface area contributed by atoms with Crippen molar-refractivity contribution in [3.05, 3.63) is 81.1 Å². The first-order chi connectivity index (χ1) is 12.8. The molecule has 0 aliphatic carbocycles. The lowest BCUT2D eigenvalue weighted by molar-refractivity contribution is -0.119. The van der Waals surface area contributed by atoms with Crippen molar-refractivity contribution in [2.45, 2.75) is 26.8 Å². The highest BCUT2D eigenvalue weighted by atomic mass is 35.5. The van der Waals surface area contributed by atoms with Gasteiger partial charge in [-0.25, -0.2) is 4.68 Å². The highest BCUT2D eigenvalue weighted by molar-refractivity contribution is 6.31. The zero-order valence-electron chi connectivity index (χ0n) is 15.4. The van der Waals surface area contributed by atoms with Gasteiger partial charge in [0.15, 0.2) is 0 Å². The van der Waals surface area contributed by atoms with Gasteiger partial charge in [-0.3, -0.25) is 9.59 Å². The lowest BCUT2D eigenvalue weighted by Gasteiger charge is -2.15. The Labute approximate surface area is 162 Å². The van der Waals surface area contributed by atoms with Gasteiger partial charge in [-0.15, -0.1) is 0 Å². The van der Waals surface area contributed by atoms with Crippen LogP contribution in [0.15, 0.2) is 59.4 Å². The lowest BCUT2D eigenvalue weighted by Crippen LogP contribution is -2.33. The van der Waals surface area contributed by atoms with Gasteiger partial charge >= 0.3 is 0 Å². The Hall–Kier alpha value is -2.92. The largest absolute Gasteiger partial charge is 0.324 e. The number of aryl methyl sites for hydroxylation is 2. The van der Waals surface area contributed by atoms with E-state index >= 15 is 0 Å². The zero-order valence-corrected chi connectivity index (χ0v) is 16.1. The first-order valence-corrected chi connectivity index (χ1v) is 8.97. The molecule has 138 valence electrons. The standard InChI is InChI=1S/C21H20ClN3O2/c1-13-4-7-16(8-5-13)19-10-11-20(26)25(24-19)15(3)21(27)23-17-9-6-14(2)18(22)12-17/h4-12,15H,1-3H3,(H,23,27). The predicted molar refractivity (Wildman–Crippen MR) is 108 cm³/mol. The summed E-state index contributed by atoms with van der Waals surface area (Å²) < 4.78 is 1.19. The van der Waals surface area contributed by atoms with E-state index in [1.807, 2.05) is 44.2 Å². The van der Waals surface area contributed by atoms with Crippen LogP contribution < -0.4 is 10.9 Å². The Morgan fingerprint density at radius 3 is 2.44 bits per heavy atom. The highest BCUT2D eigenvalue weighted by Gasteiger charge is 2.18. The van der Waals surface area contributed by atoms with Crippen LogP contribution in [0.2, 0.25) is 5.02 Å². The molecule has 1 atom stereocenters. The summed E-state index contributed by atoms with van der Waals surface area (Å²) in [5.74, 6) is -0.342. The van der Waals surface area contributed by atoms with E-state index in [0.29, 0.717) is 16.4 Å². The number of hydrogen-bond acceptors (Lipinski definition) is 3. The van der Waals surface area contributed by atoms with Gasteiger partial charge in [0, 0.05) is 22.3 Å². The second-order valence-corrected chi connectivity index (χ2v) is 6.90. The van der Waals surface area contributed by atoms with E-state index in [1.165, 1.54) is 10.7 Å². The average Bonchev–Trinajstić information content (AvgIpc) is 2.65. The van der Waals surface area contributed by atoms with Crippen LogP contribution in [-0.4, -0.2) is 15.7 Å². The van der Waals surface area contributed by atoms with Crippen molar-refractivity contribution in [3.8, 4) is 11.3 Å². The minimum atomic E-state index is -0.775. The lowest BCUT2D eigenvalue weighted by atomic mass is 10.1. The van der Waals surface area contributed by atoms with Crippen molar-refractivity contribution < 1.29 is 4.79 Å². The number of carbonyl (C=O) groups excluding carboxylic acids is 1. The summed E-state index contributed by atoms with van der Waals surface area (Å²) in [5, 5.41) is 7.73. The first-order valence-electron chi connectivity index (χ1n) is 8.59. The molecule has 27 heavy (non-hydrogen) atoms. The van der Waals surface area contributed by atoms with E-state index in [0.717, 1.165) is 16.7 Å². The topological polar surface area (TPSA) is 64.0 Å². The third-order valence-corrected chi connectivity index (χ3v) is 4.77. The Morgan fingerprint density at radius 1 is 1.07 bits per heavy atom. The third-order valence-electron chi connectivity index (χ3n) is 4.36. The van der Waals surface area contributed by atoms with Gasteiger partial charge in [0.25, 0.3) is 5.56 Å². The molecular formula is C21H20ClN3O2. The van der Waals surface area contributed by atoms with Gasteiger partial charge in [0.05, 0.1) is 5.69 Å². The van der Waals surface area contributed by atoms with Gasteiger partial charge in [-0.1, -0.05) is 47.5 Å². The molecule has 0 saturated carbocycles. The average molecular weight is 382 g/mol. The van der Waals surface area contributed by atoms with Gasteiger partial charge in [0.2, 0.25) is 5.91 Å². The summed E-state index contributed by atoms with van der Waals surface area (Å²) in [4.78, 5) is 24.9. The van der Waals surface area contributed by atoms with E-state index in [4.69, 9.17) is 11.6 Å². The maximum absolute atomic E-state index is 12.6. The van der Waals surface area contributed by atoms with Crippen LogP contribution in [0.1, 0.15) is 24.1 Å². The predicted octanol–water partition coefficient (Wildman–Crippen LogP) is 4.38. The molecule has 0 bridgehead atoms. The number of aromatic nitrogens is 2. The van der Waals surface area contributed by atoms with Crippen LogP contribution in [0.25, 0.3) is 11.3 Å². The van der Waals surface area contributed by atoms with E-state index in [-0.39, 0.29) is 11.5 Å². The summed E-state index contributed by atoms with van der Waals surface area (Å²) in [6.45, 7) is 5.52. The van der Waals surface area contributed by atoms with Crippen LogP contribution in [0.4, 0.5) is 5.69 Å². The van der Waals surface area contributed by atoms with Gasteiger partial charge in [0.1, 0.15) is 6.04 Å². The summed E-state index contributed by atoms with van der Waals surface area (Å²) in [6.07, 6.45) is 0. The molecule has 5 nitrogen and oxygen atoms in total. The number of hydrogen-bond donors (Lipinski definition) is 1. The van der Waals surface area contributed by atoms with Gasteiger partial charge in [-0.05, 0) is 44.5 Å². The van der Waals surface area contributed by atoms with Crippen molar-refractivity contribution in [2.75, 3.05) is 5.32 Å². The molecule has 1 N–H and O–H groups in total. The van der Waals surface area contributed by atoms with Crippen molar-refractivity contribution in [1.82, 2.24) is 9.78 Å². The number of nitrogens with zero attached hydrogens (tertiary/aromatic N) is 2. The molecule has 6 heteroatoms. The maximum atomic E-state index is 12.6. The molecule has 0 fully saturated rings. The SMILES string of the molecule is Cc1ccc(-c2ccc(=O)n(C(C)C(=O)Nc3ccc(C)c(Cl)c3)n2)cc1. The molecule has 0 aliphatic rings. The van der Waals surface area contributed by atoms with Crippen molar-refractivity contribution in [3.63, 3.8) is 0 Å². The fourth-order valence-electron chi connectivity index (χ4n) is 2.61. The third kappa shape index (κ3) is 4.26. The molecule has 1 heterocycles. The van der Waals surface area contributed by atoms with Crippen molar-refractivity contribution in [1.29, 1.82) is 0 Å².